The summed E-state index contributed by atoms with van der Waals surface area (Å²) in [5.74, 6) is 3.50. The zero-order valence-electron chi connectivity index (χ0n) is 12.6. The average Bonchev–Trinajstić information content (AvgIpc) is 2.76. The van der Waals surface area contributed by atoms with Gasteiger partial charge in [-0.25, -0.2) is 0 Å². The summed E-state index contributed by atoms with van der Waals surface area (Å²) >= 11 is 0. The molecule has 0 spiro atoms. The van der Waals surface area contributed by atoms with Crippen molar-refractivity contribution in [2.24, 2.45) is 23.0 Å². The van der Waals surface area contributed by atoms with Crippen molar-refractivity contribution in [3.63, 3.8) is 0 Å². The van der Waals surface area contributed by atoms with Crippen LogP contribution in [-0.4, -0.2) is 16.7 Å². The van der Waals surface area contributed by atoms with E-state index in [-0.39, 0.29) is 0 Å². The van der Waals surface area contributed by atoms with E-state index in [4.69, 9.17) is 10.3 Å². The second-order valence-corrected chi connectivity index (χ2v) is 6.91. The molecule has 2 atom stereocenters. The molecule has 0 aliphatic heterocycles. The number of aromatic nitrogens is 2. The molecular formula is C15H27N3O. The molecule has 1 aromatic rings. The van der Waals surface area contributed by atoms with Crippen LogP contribution in [0.3, 0.4) is 0 Å². The predicted octanol–water partition coefficient (Wildman–Crippen LogP) is 3.14. The highest BCUT2D eigenvalue weighted by Crippen LogP contribution is 2.57. The molecule has 1 aliphatic carbocycles. The minimum atomic E-state index is 0.362. The Morgan fingerprint density at radius 3 is 2.58 bits per heavy atom. The van der Waals surface area contributed by atoms with Gasteiger partial charge in [-0.2, -0.15) is 4.98 Å². The van der Waals surface area contributed by atoms with E-state index in [1.165, 1.54) is 6.42 Å². The van der Waals surface area contributed by atoms with Gasteiger partial charge in [-0.3, -0.25) is 0 Å². The van der Waals surface area contributed by atoms with Crippen LogP contribution in [0.4, 0.5) is 0 Å². The van der Waals surface area contributed by atoms with Gasteiger partial charge < -0.3 is 10.3 Å². The minimum Gasteiger partial charge on any atom is -0.339 e. The first-order chi connectivity index (χ1) is 8.94. The molecule has 1 aromatic heterocycles. The van der Waals surface area contributed by atoms with Crippen LogP contribution >= 0.6 is 0 Å². The maximum atomic E-state index is 5.67. The van der Waals surface area contributed by atoms with Gasteiger partial charge in [0.1, 0.15) is 0 Å². The molecule has 1 heterocycles. The highest BCUT2D eigenvalue weighted by Gasteiger charge is 2.49. The summed E-state index contributed by atoms with van der Waals surface area (Å²) in [6, 6.07) is 0. The molecule has 1 saturated carbocycles. The van der Waals surface area contributed by atoms with E-state index in [1.54, 1.807) is 0 Å². The number of hydrogen-bond donors (Lipinski definition) is 1. The lowest BCUT2D eigenvalue weighted by atomic mass is 9.88. The highest BCUT2D eigenvalue weighted by atomic mass is 16.5. The number of nitrogens with two attached hydrogens (primary N) is 1. The highest BCUT2D eigenvalue weighted by molar-refractivity contribution is 5.14. The molecule has 0 bridgehead atoms. The van der Waals surface area contributed by atoms with E-state index >= 15 is 0 Å². The van der Waals surface area contributed by atoms with Crippen molar-refractivity contribution in [3.05, 3.63) is 11.7 Å². The van der Waals surface area contributed by atoms with Crippen LogP contribution in [0.25, 0.3) is 0 Å². The van der Waals surface area contributed by atoms with Crippen molar-refractivity contribution in [1.82, 2.24) is 10.1 Å². The number of rotatable bonds is 7. The second kappa shape index (κ2) is 5.61. The third-order valence-corrected chi connectivity index (χ3v) is 4.52. The predicted molar refractivity (Wildman–Crippen MR) is 75.8 cm³/mol. The van der Waals surface area contributed by atoms with E-state index < -0.39 is 0 Å². The fourth-order valence-electron chi connectivity index (χ4n) is 2.75. The SMILES string of the molecule is CC(C)C(CCN)CCc1nc(C2CC2(C)C)no1. The zero-order valence-corrected chi connectivity index (χ0v) is 12.6. The van der Waals surface area contributed by atoms with Crippen molar-refractivity contribution < 1.29 is 4.52 Å². The van der Waals surface area contributed by atoms with Gasteiger partial charge >= 0.3 is 0 Å². The summed E-state index contributed by atoms with van der Waals surface area (Å²) in [6.07, 6.45) is 4.22. The quantitative estimate of drug-likeness (QED) is 0.822. The molecule has 2 unspecified atom stereocenters. The second-order valence-electron chi connectivity index (χ2n) is 6.91. The Bertz CT molecular complexity index is 411. The van der Waals surface area contributed by atoms with Crippen molar-refractivity contribution >= 4 is 0 Å². The van der Waals surface area contributed by atoms with Gasteiger partial charge in [0.05, 0.1) is 0 Å². The lowest BCUT2D eigenvalue weighted by molar-refractivity contribution is 0.312. The Morgan fingerprint density at radius 1 is 1.37 bits per heavy atom. The zero-order chi connectivity index (χ0) is 14.0. The van der Waals surface area contributed by atoms with Crippen LogP contribution in [0, 0.1) is 17.3 Å². The van der Waals surface area contributed by atoms with Gasteiger partial charge in [0.2, 0.25) is 5.89 Å². The summed E-state index contributed by atoms with van der Waals surface area (Å²) in [6.45, 7) is 9.78. The molecule has 0 saturated heterocycles. The van der Waals surface area contributed by atoms with Crippen LogP contribution in [0.1, 0.15) is 64.6 Å². The van der Waals surface area contributed by atoms with E-state index in [0.29, 0.717) is 23.2 Å². The van der Waals surface area contributed by atoms with E-state index in [2.05, 4.69) is 37.8 Å². The largest absolute Gasteiger partial charge is 0.339 e. The molecule has 2 rings (SSSR count). The third kappa shape index (κ3) is 3.56. The molecule has 1 fully saturated rings. The maximum Gasteiger partial charge on any atom is 0.226 e. The summed E-state index contributed by atoms with van der Waals surface area (Å²) in [5, 5.41) is 4.13. The van der Waals surface area contributed by atoms with Crippen LogP contribution < -0.4 is 5.73 Å². The Kier molecular flexibility index (Phi) is 4.29. The Labute approximate surface area is 116 Å². The number of aryl methyl sites for hydroxylation is 1. The lowest BCUT2D eigenvalue weighted by Gasteiger charge is -2.18. The van der Waals surface area contributed by atoms with Crippen LogP contribution in [0.2, 0.25) is 0 Å². The molecule has 0 amide bonds. The van der Waals surface area contributed by atoms with Crippen molar-refractivity contribution in [3.8, 4) is 0 Å². The molecule has 108 valence electrons. The maximum absolute atomic E-state index is 5.67. The summed E-state index contributed by atoms with van der Waals surface area (Å²) in [5.41, 5.74) is 6.03. The normalized spacial score (nSPS) is 22.7. The first-order valence-electron chi connectivity index (χ1n) is 7.46. The monoisotopic (exact) mass is 265 g/mol. The Balaban J connectivity index is 1.86. The van der Waals surface area contributed by atoms with Gasteiger partial charge in [-0.05, 0) is 43.1 Å². The molecule has 1 aliphatic rings. The number of nitrogens with zero attached hydrogens (tertiary/aromatic N) is 2. The van der Waals surface area contributed by atoms with Gasteiger partial charge in [-0.15, -0.1) is 0 Å². The molecule has 0 aromatic carbocycles. The molecule has 4 nitrogen and oxygen atoms in total. The van der Waals surface area contributed by atoms with E-state index in [1.807, 2.05) is 0 Å². The molecule has 4 heteroatoms. The lowest BCUT2D eigenvalue weighted by Crippen LogP contribution is -2.15. The fraction of sp³-hybridized carbons (Fsp3) is 0.867. The van der Waals surface area contributed by atoms with Crippen molar-refractivity contribution in [2.75, 3.05) is 6.54 Å². The number of hydrogen-bond acceptors (Lipinski definition) is 4. The standard InChI is InChI=1S/C15H27N3O/c1-10(2)11(7-8-16)5-6-13-17-14(18-19-13)12-9-15(12,3)4/h10-12H,5-9,16H2,1-4H3. The van der Waals surface area contributed by atoms with Crippen LogP contribution in [0.5, 0.6) is 0 Å². The van der Waals surface area contributed by atoms with Crippen molar-refractivity contribution in [1.29, 1.82) is 0 Å². The minimum absolute atomic E-state index is 0.362. The van der Waals surface area contributed by atoms with Crippen LogP contribution in [-0.2, 0) is 6.42 Å². The molecule has 2 N–H and O–H groups in total. The van der Waals surface area contributed by atoms with Gasteiger partial charge in [0, 0.05) is 12.3 Å². The smallest absolute Gasteiger partial charge is 0.226 e. The van der Waals surface area contributed by atoms with E-state index in [0.717, 1.165) is 37.5 Å². The fourth-order valence-corrected chi connectivity index (χ4v) is 2.75. The Hall–Kier alpha value is -0.900. The summed E-state index contributed by atoms with van der Waals surface area (Å²) in [4.78, 5) is 4.55. The van der Waals surface area contributed by atoms with Gasteiger partial charge in [-0.1, -0.05) is 32.9 Å². The van der Waals surface area contributed by atoms with Crippen molar-refractivity contribution in [2.45, 2.75) is 59.3 Å². The summed E-state index contributed by atoms with van der Waals surface area (Å²) in [7, 11) is 0. The first kappa shape index (κ1) is 14.5. The third-order valence-electron chi connectivity index (χ3n) is 4.52. The Morgan fingerprint density at radius 2 is 2.05 bits per heavy atom. The molecule has 0 radical (unpaired) electrons. The average molecular weight is 265 g/mol. The van der Waals surface area contributed by atoms with Gasteiger partial charge in [0.15, 0.2) is 5.82 Å². The molecular weight excluding hydrogens is 238 g/mol. The summed E-state index contributed by atoms with van der Waals surface area (Å²) < 4.78 is 5.38. The van der Waals surface area contributed by atoms with Gasteiger partial charge in [0.25, 0.3) is 0 Å². The topological polar surface area (TPSA) is 64.9 Å². The van der Waals surface area contributed by atoms with E-state index in [9.17, 15) is 0 Å². The molecule has 19 heavy (non-hydrogen) atoms. The first-order valence-corrected chi connectivity index (χ1v) is 7.46. The van der Waals surface area contributed by atoms with Crippen LogP contribution in [0.15, 0.2) is 4.52 Å².